The predicted octanol–water partition coefficient (Wildman–Crippen LogP) is 4.65. The van der Waals surface area contributed by atoms with E-state index in [1.807, 2.05) is 12.1 Å². The van der Waals surface area contributed by atoms with Crippen LogP contribution < -0.4 is 4.74 Å². The molecule has 6 heteroatoms. The maximum Gasteiger partial charge on any atom is 0.333 e. The summed E-state index contributed by atoms with van der Waals surface area (Å²) in [5.41, 5.74) is 2.04. The molecule has 30 heavy (non-hydrogen) atoms. The van der Waals surface area contributed by atoms with Gasteiger partial charge in [-0.25, -0.2) is 9.59 Å². The number of esters is 1. The maximum absolute atomic E-state index is 11.3. The molecule has 0 heterocycles. The molecule has 0 spiro atoms. The van der Waals surface area contributed by atoms with Crippen LogP contribution in [0.3, 0.4) is 0 Å². The lowest BCUT2D eigenvalue weighted by atomic mass is 9.83. The predicted molar refractivity (Wildman–Crippen MR) is 115 cm³/mol. The zero-order chi connectivity index (χ0) is 21.9. The summed E-state index contributed by atoms with van der Waals surface area (Å²) in [5, 5.41) is 8.84. The van der Waals surface area contributed by atoms with Crippen molar-refractivity contribution in [2.45, 2.75) is 58.0 Å². The Bertz CT molecular complexity index is 741. The Kier molecular flexibility index (Phi) is 9.61. The van der Waals surface area contributed by atoms with Crippen molar-refractivity contribution in [3.05, 3.63) is 53.6 Å². The minimum absolute atomic E-state index is 0.198. The molecule has 0 bridgehead atoms. The Morgan fingerprint density at radius 3 is 2.33 bits per heavy atom. The van der Waals surface area contributed by atoms with E-state index in [1.165, 1.54) is 5.56 Å². The van der Waals surface area contributed by atoms with Gasteiger partial charge in [-0.3, -0.25) is 0 Å². The van der Waals surface area contributed by atoms with Crippen LogP contribution in [0.4, 0.5) is 0 Å². The first-order valence-corrected chi connectivity index (χ1v) is 10.4. The van der Waals surface area contributed by atoms with E-state index in [0.29, 0.717) is 36.7 Å². The Balaban J connectivity index is 1.67. The second-order valence-electron chi connectivity index (χ2n) is 7.66. The highest BCUT2D eigenvalue weighted by Gasteiger charge is 2.22. The third kappa shape index (κ3) is 8.03. The van der Waals surface area contributed by atoms with Gasteiger partial charge in [0.2, 0.25) is 0 Å². The second kappa shape index (κ2) is 12.2. The van der Waals surface area contributed by atoms with Crippen LogP contribution in [-0.4, -0.2) is 43.0 Å². The second-order valence-corrected chi connectivity index (χ2v) is 7.66. The summed E-state index contributed by atoms with van der Waals surface area (Å²) in [6.07, 6.45) is 6.77. The van der Waals surface area contributed by atoms with E-state index in [9.17, 15) is 9.59 Å². The van der Waals surface area contributed by atoms with Crippen molar-refractivity contribution >= 4 is 11.9 Å². The molecule has 1 aromatic carbocycles. The van der Waals surface area contributed by atoms with Crippen molar-refractivity contribution < 1.29 is 28.9 Å². The van der Waals surface area contributed by atoms with Gasteiger partial charge in [0.25, 0.3) is 0 Å². The minimum Gasteiger partial charge on any atom is -0.490 e. The van der Waals surface area contributed by atoms with Gasteiger partial charge in [-0.1, -0.05) is 24.8 Å². The van der Waals surface area contributed by atoms with Gasteiger partial charge in [-0.15, -0.1) is 0 Å². The minimum atomic E-state index is -0.877. The molecule has 6 nitrogen and oxygen atoms in total. The lowest BCUT2D eigenvalue weighted by Crippen LogP contribution is -2.21. The third-order valence-corrected chi connectivity index (χ3v) is 5.22. The molecule has 0 atom stereocenters. The van der Waals surface area contributed by atoms with Crippen LogP contribution in [-0.2, 0) is 19.1 Å². The molecule has 0 aromatic heterocycles. The van der Waals surface area contributed by atoms with Gasteiger partial charge in [0.15, 0.2) is 0 Å². The van der Waals surface area contributed by atoms with Crippen molar-refractivity contribution in [2.24, 2.45) is 0 Å². The molecule has 1 aliphatic carbocycles. The molecule has 1 fully saturated rings. The zero-order valence-electron chi connectivity index (χ0n) is 17.9. The fourth-order valence-electron chi connectivity index (χ4n) is 3.41. The van der Waals surface area contributed by atoms with Gasteiger partial charge in [0.05, 0.1) is 12.7 Å². The quantitative estimate of drug-likeness (QED) is 0.321. The molecular weight excluding hydrogens is 384 g/mol. The third-order valence-electron chi connectivity index (χ3n) is 5.22. The fourth-order valence-corrected chi connectivity index (χ4v) is 3.41. The van der Waals surface area contributed by atoms with Crippen LogP contribution in [0.25, 0.3) is 0 Å². The van der Waals surface area contributed by atoms with Crippen LogP contribution in [0.2, 0.25) is 0 Å². The summed E-state index contributed by atoms with van der Waals surface area (Å²) in [7, 11) is 0. The number of aliphatic carboxylic acids is 1. The van der Waals surface area contributed by atoms with E-state index in [0.717, 1.165) is 31.4 Å². The number of carbonyl (C=O) groups excluding carboxylic acids is 1. The van der Waals surface area contributed by atoms with Crippen LogP contribution in [0.1, 0.15) is 57.4 Å². The Morgan fingerprint density at radius 2 is 1.73 bits per heavy atom. The average Bonchev–Trinajstić information content (AvgIpc) is 2.74. The topological polar surface area (TPSA) is 82.1 Å². The number of hydrogen-bond acceptors (Lipinski definition) is 5. The van der Waals surface area contributed by atoms with Gasteiger partial charge in [-0.2, -0.15) is 0 Å². The molecule has 0 saturated heterocycles. The first-order chi connectivity index (χ1) is 14.4. The van der Waals surface area contributed by atoms with Crippen molar-refractivity contribution in [2.75, 3.05) is 19.8 Å². The molecular formula is C24H32O6. The summed E-state index contributed by atoms with van der Waals surface area (Å²) < 4.78 is 16.5. The van der Waals surface area contributed by atoms with E-state index in [-0.39, 0.29) is 12.7 Å². The molecule has 1 N–H and O–H groups in total. The van der Waals surface area contributed by atoms with E-state index in [1.54, 1.807) is 19.9 Å². The first kappa shape index (κ1) is 23.7. The van der Waals surface area contributed by atoms with E-state index < -0.39 is 11.9 Å². The fraction of sp³-hybridized carbons (Fsp3) is 0.500. The number of carboxylic acid groups (broad SMARTS) is 1. The lowest BCUT2D eigenvalue weighted by molar-refractivity contribution is -0.139. The molecule has 1 aromatic rings. The van der Waals surface area contributed by atoms with Crippen molar-refractivity contribution in [3.63, 3.8) is 0 Å². The Morgan fingerprint density at radius 1 is 1.07 bits per heavy atom. The van der Waals surface area contributed by atoms with E-state index >= 15 is 0 Å². The van der Waals surface area contributed by atoms with Crippen molar-refractivity contribution in [3.8, 4) is 5.75 Å². The highest BCUT2D eigenvalue weighted by atomic mass is 16.6. The average molecular weight is 417 g/mol. The summed E-state index contributed by atoms with van der Waals surface area (Å²) in [6, 6.07) is 8.10. The van der Waals surface area contributed by atoms with Crippen LogP contribution in [0.15, 0.2) is 48.1 Å². The zero-order valence-corrected chi connectivity index (χ0v) is 17.9. The summed E-state index contributed by atoms with van der Waals surface area (Å²) in [6.45, 7) is 7.82. The summed E-state index contributed by atoms with van der Waals surface area (Å²) in [4.78, 5) is 22.1. The van der Waals surface area contributed by atoms with E-state index in [2.05, 4.69) is 18.7 Å². The normalized spacial score (nSPS) is 19.2. The molecule has 0 radical (unpaired) electrons. The number of ether oxygens (including phenoxy) is 3. The molecule has 1 saturated carbocycles. The molecule has 0 aliphatic heterocycles. The molecule has 1 aliphatic rings. The highest BCUT2D eigenvalue weighted by Crippen LogP contribution is 2.34. The smallest absolute Gasteiger partial charge is 0.333 e. The van der Waals surface area contributed by atoms with Crippen molar-refractivity contribution in [1.29, 1.82) is 0 Å². The monoisotopic (exact) mass is 416 g/mol. The van der Waals surface area contributed by atoms with Crippen LogP contribution in [0.5, 0.6) is 5.75 Å². The van der Waals surface area contributed by atoms with Gasteiger partial charge in [-0.05, 0) is 69.6 Å². The van der Waals surface area contributed by atoms with Crippen LogP contribution in [0, 0.1) is 0 Å². The van der Waals surface area contributed by atoms with Gasteiger partial charge >= 0.3 is 11.9 Å². The highest BCUT2D eigenvalue weighted by molar-refractivity contribution is 5.87. The number of carbonyl (C=O) groups is 2. The number of benzene rings is 1. The van der Waals surface area contributed by atoms with Crippen LogP contribution >= 0.6 is 0 Å². The van der Waals surface area contributed by atoms with Crippen molar-refractivity contribution in [1.82, 2.24) is 0 Å². The number of rotatable bonds is 11. The van der Waals surface area contributed by atoms with Gasteiger partial charge in [0.1, 0.15) is 19.0 Å². The van der Waals surface area contributed by atoms with E-state index in [4.69, 9.17) is 19.3 Å². The largest absolute Gasteiger partial charge is 0.490 e. The summed E-state index contributed by atoms with van der Waals surface area (Å²) >= 11 is 0. The molecule has 2 rings (SSSR count). The van der Waals surface area contributed by atoms with Gasteiger partial charge in [0, 0.05) is 11.1 Å². The van der Waals surface area contributed by atoms with Gasteiger partial charge < -0.3 is 19.3 Å². The standard InChI is InChI=1S/C24H32O6/c1-17(2)24(27)30-16-15-29-22-12-8-20(9-13-22)19-6-10-21(11-7-19)28-14-4-5-18(3)23(25)26/h5,8-9,12-13,19,21H,1,4,6-7,10-11,14-16H2,2-3H3,(H,25,26). The maximum atomic E-state index is 11.3. The Hall–Kier alpha value is -2.60. The first-order valence-electron chi connectivity index (χ1n) is 10.4. The lowest BCUT2D eigenvalue weighted by Gasteiger charge is -2.29. The molecule has 164 valence electrons. The Labute approximate surface area is 178 Å². The number of carboxylic acids is 1. The SMILES string of the molecule is C=C(C)C(=O)OCCOc1ccc(C2CCC(OCCC=C(C)C(=O)O)CC2)cc1. The summed E-state index contributed by atoms with van der Waals surface area (Å²) in [5.74, 6) is -0.00469. The molecule has 0 unspecified atom stereocenters. The molecule has 0 amide bonds. The number of hydrogen-bond donors (Lipinski definition) is 1.